The lowest BCUT2D eigenvalue weighted by atomic mass is 10.1. The van der Waals surface area contributed by atoms with Crippen molar-refractivity contribution in [3.8, 4) is 5.75 Å². The van der Waals surface area contributed by atoms with Gasteiger partial charge in [0.05, 0.1) is 10.9 Å². The van der Waals surface area contributed by atoms with Gasteiger partial charge < -0.3 is 15.0 Å². The molecule has 0 saturated heterocycles. The molecule has 3 nitrogen and oxygen atoms in total. The SMILES string of the molecule is CN(C)CCc1c(F)[nH]c2c(F)c(F)cc(O)c12. The highest BCUT2D eigenvalue weighted by molar-refractivity contribution is 5.89. The molecule has 0 aliphatic rings. The average Bonchev–Trinajstić information content (AvgIpc) is 2.61. The van der Waals surface area contributed by atoms with Gasteiger partial charge >= 0.3 is 0 Å². The van der Waals surface area contributed by atoms with Crippen molar-refractivity contribution < 1.29 is 18.3 Å². The van der Waals surface area contributed by atoms with Crippen LogP contribution in [0.15, 0.2) is 6.07 Å². The van der Waals surface area contributed by atoms with Crippen LogP contribution in [0.1, 0.15) is 5.56 Å². The first kappa shape index (κ1) is 12.8. The molecule has 0 amide bonds. The predicted molar refractivity (Wildman–Crippen MR) is 62.1 cm³/mol. The summed E-state index contributed by atoms with van der Waals surface area (Å²) in [5, 5.41) is 9.64. The molecule has 2 N–H and O–H groups in total. The van der Waals surface area contributed by atoms with E-state index in [4.69, 9.17) is 0 Å². The van der Waals surface area contributed by atoms with Crippen molar-refractivity contribution in [1.82, 2.24) is 9.88 Å². The van der Waals surface area contributed by atoms with Crippen LogP contribution in [0.25, 0.3) is 10.9 Å². The standard InChI is InChI=1S/C12H13F3N2O/c1-17(2)4-3-6-9-8(18)5-7(13)10(14)11(9)16-12(6)15/h5,16,18H,3-4H2,1-2H3. The van der Waals surface area contributed by atoms with Crippen LogP contribution >= 0.6 is 0 Å². The van der Waals surface area contributed by atoms with Crippen LogP contribution in [0.4, 0.5) is 13.2 Å². The van der Waals surface area contributed by atoms with E-state index in [0.717, 1.165) is 0 Å². The molecule has 0 radical (unpaired) electrons. The van der Waals surface area contributed by atoms with Crippen LogP contribution in [0.3, 0.4) is 0 Å². The molecule has 2 rings (SSSR count). The van der Waals surface area contributed by atoms with Gasteiger partial charge in [0.25, 0.3) is 0 Å². The molecular formula is C12H13F3N2O. The van der Waals surface area contributed by atoms with Gasteiger partial charge in [0.1, 0.15) is 5.75 Å². The number of fused-ring (bicyclic) bond motifs is 1. The lowest BCUT2D eigenvalue weighted by molar-refractivity contribution is 0.409. The molecule has 0 saturated carbocycles. The Labute approximate surface area is 102 Å². The summed E-state index contributed by atoms with van der Waals surface area (Å²) < 4.78 is 40.2. The summed E-state index contributed by atoms with van der Waals surface area (Å²) >= 11 is 0. The van der Waals surface area contributed by atoms with Crippen LogP contribution in [-0.2, 0) is 6.42 Å². The number of halogens is 3. The summed E-state index contributed by atoms with van der Waals surface area (Å²) in [4.78, 5) is 3.97. The van der Waals surface area contributed by atoms with E-state index in [2.05, 4.69) is 4.98 Å². The zero-order chi connectivity index (χ0) is 13.4. The Balaban J connectivity index is 2.60. The molecule has 0 aliphatic heterocycles. The fourth-order valence-electron chi connectivity index (χ4n) is 1.90. The van der Waals surface area contributed by atoms with Gasteiger partial charge in [0.15, 0.2) is 17.6 Å². The number of likely N-dealkylation sites (N-methyl/N-ethyl adjacent to an activating group) is 1. The number of aromatic nitrogens is 1. The summed E-state index contributed by atoms with van der Waals surface area (Å²) in [7, 11) is 3.62. The minimum atomic E-state index is -1.21. The number of benzene rings is 1. The summed E-state index contributed by atoms with van der Waals surface area (Å²) in [5.41, 5.74) is -0.172. The van der Waals surface area contributed by atoms with E-state index >= 15 is 0 Å². The lowest BCUT2D eigenvalue weighted by Crippen LogP contribution is -2.15. The molecular weight excluding hydrogens is 245 g/mol. The molecule has 18 heavy (non-hydrogen) atoms. The third kappa shape index (κ3) is 2.03. The number of phenolic OH excluding ortho intramolecular Hbond substituents is 1. The number of aromatic hydroxyl groups is 1. The number of phenols is 1. The second-order valence-electron chi connectivity index (χ2n) is 4.41. The van der Waals surface area contributed by atoms with Crippen LogP contribution < -0.4 is 0 Å². The third-order valence-corrected chi connectivity index (χ3v) is 2.81. The first-order chi connectivity index (χ1) is 8.41. The minimum Gasteiger partial charge on any atom is -0.507 e. The molecule has 1 aromatic carbocycles. The Kier molecular flexibility index (Phi) is 3.21. The molecule has 1 heterocycles. The molecule has 0 aliphatic carbocycles. The van der Waals surface area contributed by atoms with Gasteiger partial charge in [-0.1, -0.05) is 0 Å². The molecule has 0 spiro atoms. The molecule has 0 unspecified atom stereocenters. The highest BCUT2D eigenvalue weighted by Gasteiger charge is 2.20. The first-order valence-corrected chi connectivity index (χ1v) is 5.43. The number of H-pyrrole nitrogens is 1. The molecule has 1 aromatic heterocycles. The summed E-state index contributed by atoms with van der Waals surface area (Å²) in [5.74, 6) is -3.59. The lowest BCUT2D eigenvalue weighted by Gasteiger charge is -2.08. The van der Waals surface area contributed by atoms with Crippen molar-refractivity contribution in [3.63, 3.8) is 0 Å². The van der Waals surface area contributed by atoms with Crippen LogP contribution in [0.5, 0.6) is 5.75 Å². The van der Waals surface area contributed by atoms with Gasteiger partial charge in [-0.25, -0.2) is 8.78 Å². The average molecular weight is 258 g/mol. The van der Waals surface area contributed by atoms with E-state index in [1.54, 1.807) is 0 Å². The highest BCUT2D eigenvalue weighted by Crippen LogP contribution is 2.33. The fraction of sp³-hybridized carbons (Fsp3) is 0.333. The van der Waals surface area contributed by atoms with Gasteiger partial charge in [0, 0.05) is 18.2 Å². The summed E-state index contributed by atoms with van der Waals surface area (Å²) in [6.07, 6.45) is 0.289. The van der Waals surface area contributed by atoms with Crippen LogP contribution in [0, 0.1) is 17.6 Å². The molecule has 98 valence electrons. The van der Waals surface area contributed by atoms with E-state index < -0.39 is 23.3 Å². The van der Waals surface area contributed by atoms with Crippen LogP contribution in [-0.4, -0.2) is 35.6 Å². The van der Waals surface area contributed by atoms with Crippen molar-refractivity contribution >= 4 is 10.9 Å². The summed E-state index contributed by atoms with van der Waals surface area (Å²) in [6.45, 7) is 0.530. The quantitative estimate of drug-likeness (QED) is 0.887. The van der Waals surface area contributed by atoms with E-state index in [0.29, 0.717) is 12.6 Å². The zero-order valence-corrected chi connectivity index (χ0v) is 10.0. The number of nitrogens with one attached hydrogen (secondary N) is 1. The van der Waals surface area contributed by atoms with E-state index in [1.807, 2.05) is 19.0 Å². The number of hydrogen-bond acceptors (Lipinski definition) is 2. The molecule has 0 atom stereocenters. The Morgan fingerprint density at radius 3 is 2.56 bits per heavy atom. The Bertz CT molecular complexity index is 593. The van der Waals surface area contributed by atoms with E-state index in [-0.39, 0.29) is 22.9 Å². The Morgan fingerprint density at radius 2 is 1.94 bits per heavy atom. The van der Waals surface area contributed by atoms with Gasteiger partial charge in [0.2, 0.25) is 0 Å². The molecule has 0 fully saturated rings. The second-order valence-corrected chi connectivity index (χ2v) is 4.41. The van der Waals surface area contributed by atoms with Gasteiger partial charge in [-0.05, 0) is 20.5 Å². The predicted octanol–water partition coefficient (Wildman–Crippen LogP) is 2.39. The normalized spacial score (nSPS) is 11.7. The molecule has 0 bridgehead atoms. The van der Waals surface area contributed by atoms with Crippen molar-refractivity contribution in [2.75, 3.05) is 20.6 Å². The maximum absolute atomic E-state index is 13.7. The van der Waals surface area contributed by atoms with Gasteiger partial charge in [-0.2, -0.15) is 4.39 Å². The number of rotatable bonds is 3. The van der Waals surface area contributed by atoms with Crippen molar-refractivity contribution in [1.29, 1.82) is 0 Å². The van der Waals surface area contributed by atoms with E-state index in [9.17, 15) is 18.3 Å². The number of hydrogen-bond donors (Lipinski definition) is 2. The van der Waals surface area contributed by atoms with Crippen molar-refractivity contribution in [2.45, 2.75) is 6.42 Å². The number of nitrogens with zero attached hydrogens (tertiary/aromatic N) is 1. The highest BCUT2D eigenvalue weighted by atomic mass is 19.2. The summed E-state index contributed by atoms with van der Waals surface area (Å²) in [6, 6.07) is 0.657. The monoisotopic (exact) mass is 258 g/mol. The molecule has 6 heteroatoms. The minimum absolute atomic E-state index is 0.00764. The van der Waals surface area contributed by atoms with Crippen molar-refractivity contribution in [2.24, 2.45) is 0 Å². The Morgan fingerprint density at radius 1 is 1.28 bits per heavy atom. The Hall–Kier alpha value is -1.69. The second kappa shape index (κ2) is 4.53. The van der Waals surface area contributed by atoms with Crippen molar-refractivity contribution in [3.05, 3.63) is 29.2 Å². The largest absolute Gasteiger partial charge is 0.507 e. The van der Waals surface area contributed by atoms with Crippen LogP contribution in [0.2, 0.25) is 0 Å². The van der Waals surface area contributed by atoms with Gasteiger partial charge in [-0.15, -0.1) is 0 Å². The topological polar surface area (TPSA) is 39.3 Å². The smallest absolute Gasteiger partial charge is 0.195 e. The fourth-order valence-corrected chi connectivity index (χ4v) is 1.90. The maximum Gasteiger partial charge on any atom is 0.195 e. The zero-order valence-electron chi connectivity index (χ0n) is 10.0. The van der Waals surface area contributed by atoms with E-state index in [1.165, 1.54) is 0 Å². The first-order valence-electron chi connectivity index (χ1n) is 5.43. The maximum atomic E-state index is 13.7. The molecule has 2 aromatic rings. The third-order valence-electron chi connectivity index (χ3n) is 2.81. The number of aromatic amines is 1. The van der Waals surface area contributed by atoms with Gasteiger partial charge in [-0.3, -0.25) is 0 Å².